The molecule has 2 saturated carbocycles. The van der Waals surface area contributed by atoms with Crippen molar-refractivity contribution < 1.29 is 13.2 Å². The van der Waals surface area contributed by atoms with Crippen molar-refractivity contribution in [1.29, 1.82) is 0 Å². The number of aromatic amines is 2. The second-order valence-electron chi connectivity index (χ2n) is 19.0. The molecule has 2 aliphatic carbocycles. The summed E-state index contributed by atoms with van der Waals surface area (Å²) in [5.74, 6) is 0.976. The number of H-pyrrole nitrogens is 2. The maximum absolute atomic E-state index is 14.8. The fraction of sp³-hybridized carbons (Fsp3) is 0.407. The third-order valence-corrected chi connectivity index (χ3v) is 14.0. The molecule has 12 rings (SSSR count). The van der Waals surface area contributed by atoms with Gasteiger partial charge in [0.1, 0.15) is 28.5 Å². The number of nitrogens with zero attached hydrogens (tertiary/aromatic N) is 12. The molecule has 2 saturated heterocycles. The van der Waals surface area contributed by atoms with Crippen LogP contribution < -0.4 is 10.6 Å². The van der Waals surface area contributed by atoms with Gasteiger partial charge < -0.3 is 20.4 Å². The molecule has 380 valence electrons. The van der Waals surface area contributed by atoms with Gasteiger partial charge in [-0.1, -0.05) is 45.9 Å². The van der Waals surface area contributed by atoms with Crippen LogP contribution in [-0.2, 0) is 13.1 Å². The van der Waals surface area contributed by atoms with Crippen molar-refractivity contribution in [1.82, 2.24) is 69.9 Å². The average Bonchev–Trinajstić information content (AvgIpc) is 4.37. The van der Waals surface area contributed by atoms with Gasteiger partial charge >= 0.3 is 0 Å². The second kappa shape index (κ2) is 22.5. The van der Waals surface area contributed by atoms with E-state index in [0.29, 0.717) is 45.9 Å². The Balaban J connectivity index is 0.000000162. The molecule has 0 amide bonds. The number of nitrogens with one attached hydrogen (secondary N) is 4. The lowest BCUT2D eigenvalue weighted by Gasteiger charge is -2.33. The first-order chi connectivity index (χ1) is 35.7. The average molecular weight is 993 g/mol. The summed E-state index contributed by atoms with van der Waals surface area (Å²) in [6.07, 6.45) is 10.4. The first-order valence-electron chi connectivity index (χ1n) is 25.8. The van der Waals surface area contributed by atoms with E-state index < -0.39 is 17.5 Å². The Kier molecular flexibility index (Phi) is 15.3. The summed E-state index contributed by atoms with van der Waals surface area (Å²) in [7, 11) is 0. The lowest BCUT2D eigenvalue weighted by molar-refractivity contribution is 0.132. The van der Waals surface area contributed by atoms with Gasteiger partial charge in [-0.2, -0.15) is 10.2 Å². The molecule has 2 aliphatic heterocycles. The number of anilines is 4. The highest BCUT2D eigenvalue weighted by atomic mass is 19.1. The van der Waals surface area contributed by atoms with Crippen molar-refractivity contribution in [2.45, 2.75) is 78.3 Å². The van der Waals surface area contributed by atoms with Gasteiger partial charge in [-0.3, -0.25) is 20.0 Å². The zero-order chi connectivity index (χ0) is 50.4. The van der Waals surface area contributed by atoms with Crippen molar-refractivity contribution in [3.8, 4) is 22.5 Å². The number of benzene rings is 2. The van der Waals surface area contributed by atoms with Crippen LogP contribution in [0.1, 0.15) is 87.7 Å². The predicted molar refractivity (Wildman–Crippen MR) is 279 cm³/mol. The zero-order valence-electron chi connectivity index (χ0n) is 42.0. The maximum atomic E-state index is 14.8. The molecule has 19 heteroatoms. The molecule has 16 nitrogen and oxygen atoms in total. The number of piperazine rings is 2. The van der Waals surface area contributed by atoms with E-state index >= 15 is 0 Å². The van der Waals surface area contributed by atoms with Gasteiger partial charge in [0.2, 0.25) is 11.9 Å². The van der Waals surface area contributed by atoms with E-state index in [1.54, 1.807) is 6.07 Å². The van der Waals surface area contributed by atoms with E-state index in [-0.39, 0.29) is 22.9 Å². The molecule has 4 fully saturated rings. The molecule has 8 heterocycles. The SMILES string of the molecule is CC.CCN1CCN(Cc2ccc(Nc3ncc(F)c(-c4cc(F)c5n[nH]c(C6CC6)c5c4)n3)nc2)CC1.CCN1CCN(Cc2ccc(Nc3ncc(F)c(-c4ccc5n[nH]c(C6CC6)c5c4)n3)nc2)CC1. The van der Waals surface area contributed by atoms with E-state index in [2.05, 4.69) is 100 Å². The summed E-state index contributed by atoms with van der Waals surface area (Å²) < 4.78 is 44.2. The molecular formula is C54H63F3N16. The molecule has 0 spiro atoms. The highest BCUT2D eigenvalue weighted by Gasteiger charge is 2.30. The fourth-order valence-corrected chi connectivity index (χ4v) is 9.49. The molecule has 4 aliphatic rings. The summed E-state index contributed by atoms with van der Waals surface area (Å²) in [6.45, 7) is 21.0. The van der Waals surface area contributed by atoms with Crippen LogP contribution in [-0.4, -0.2) is 135 Å². The van der Waals surface area contributed by atoms with Crippen LogP contribution >= 0.6 is 0 Å². The first kappa shape index (κ1) is 49.6. The number of halogens is 3. The maximum Gasteiger partial charge on any atom is 0.229 e. The Morgan fingerprint density at radius 1 is 0.521 bits per heavy atom. The summed E-state index contributed by atoms with van der Waals surface area (Å²) in [6, 6.07) is 16.6. The largest absolute Gasteiger partial charge is 0.309 e. The fourth-order valence-electron chi connectivity index (χ4n) is 9.49. The number of likely N-dealkylation sites (N-methyl/N-ethyl adjacent to an activating group) is 2. The Labute approximate surface area is 423 Å². The third-order valence-electron chi connectivity index (χ3n) is 14.0. The van der Waals surface area contributed by atoms with Gasteiger partial charge in [0.15, 0.2) is 17.5 Å². The number of hydrogen-bond acceptors (Lipinski definition) is 14. The second-order valence-corrected chi connectivity index (χ2v) is 19.0. The Morgan fingerprint density at radius 3 is 1.49 bits per heavy atom. The van der Waals surface area contributed by atoms with E-state index in [0.717, 1.165) is 125 Å². The van der Waals surface area contributed by atoms with Crippen molar-refractivity contribution in [3.63, 3.8) is 0 Å². The van der Waals surface area contributed by atoms with Crippen LogP contribution in [0, 0.1) is 17.5 Å². The number of rotatable bonds is 14. The Morgan fingerprint density at radius 2 is 1.00 bits per heavy atom. The first-order valence-corrected chi connectivity index (χ1v) is 25.8. The molecule has 0 atom stereocenters. The van der Waals surface area contributed by atoms with Crippen molar-refractivity contribution in [3.05, 3.63) is 119 Å². The molecule has 0 radical (unpaired) electrons. The number of pyridine rings is 2. The van der Waals surface area contributed by atoms with Gasteiger partial charge in [-0.05, 0) is 86.3 Å². The molecule has 4 N–H and O–H groups in total. The van der Waals surface area contributed by atoms with Crippen LogP contribution in [0.4, 0.5) is 36.7 Å². The van der Waals surface area contributed by atoms with Crippen LogP contribution in [0.5, 0.6) is 0 Å². The molecule has 0 bridgehead atoms. The summed E-state index contributed by atoms with van der Waals surface area (Å²) in [5, 5.41) is 22.5. The molecule has 0 unspecified atom stereocenters. The van der Waals surface area contributed by atoms with Crippen molar-refractivity contribution in [2.24, 2.45) is 0 Å². The quantitative estimate of drug-likeness (QED) is 0.0811. The molecule has 2 aromatic carbocycles. The standard InChI is InChI=1S/C26H28F2N8.C26H29FN8.C2H6/c1-2-35-7-9-36(10-8-35)15-16-3-6-22(29-13-16)31-26-30-14-21(28)24(32-26)18-11-19-23(17-4-5-17)33-34-25(19)20(27)12-18;1-2-34-9-11-35(12-10-34)16-17-3-8-23(28-14-17)30-26-29-15-21(27)25(31-26)19-6-7-22-20(13-19)24(33-32-22)18-4-5-18;1-2/h3,6,11-14,17H,2,4-5,7-10,15H2,1H3,(H,33,34)(H,29,30,31,32);3,6-8,13-15,18H,2,4-5,9-12,16H2,1H3,(H,32,33)(H,28,29,30,31);1-2H3. The van der Waals surface area contributed by atoms with Gasteiger partial charge in [-0.25, -0.2) is 43.1 Å². The van der Waals surface area contributed by atoms with Gasteiger partial charge in [0.25, 0.3) is 0 Å². The van der Waals surface area contributed by atoms with Crippen LogP contribution in [0.3, 0.4) is 0 Å². The van der Waals surface area contributed by atoms with Gasteiger partial charge in [0.05, 0.1) is 17.9 Å². The monoisotopic (exact) mass is 993 g/mol. The van der Waals surface area contributed by atoms with E-state index in [1.165, 1.54) is 30.7 Å². The number of fused-ring (bicyclic) bond motifs is 2. The zero-order valence-corrected chi connectivity index (χ0v) is 42.0. The van der Waals surface area contributed by atoms with Crippen molar-refractivity contribution in [2.75, 3.05) is 76.1 Å². The summed E-state index contributed by atoms with van der Waals surface area (Å²) in [4.78, 5) is 35.8. The topological polar surface area (TPSA) is 172 Å². The number of hydrogen-bond donors (Lipinski definition) is 4. The highest BCUT2D eigenvalue weighted by molar-refractivity contribution is 5.88. The minimum absolute atomic E-state index is 0.0269. The predicted octanol–water partition coefficient (Wildman–Crippen LogP) is 9.79. The van der Waals surface area contributed by atoms with E-state index in [4.69, 9.17) is 0 Å². The van der Waals surface area contributed by atoms with E-state index in [9.17, 15) is 13.2 Å². The molecule has 6 aromatic heterocycles. The van der Waals surface area contributed by atoms with Gasteiger partial charge in [0, 0.05) is 123 Å². The minimum Gasteiger partial charge on any atom is -0.309 e. The van der Waals surface area contributed by atoms with Crippen molar-refractivity contribution >= 4 is 45.3 Å². The van der Waals surface area contributed by atoms with Crippen LogP contribution in [0.25, 0.3) is 44.3 Å². The summed E-state index contributed by atoms with van der Waals surface area (Å²) >= 11 is 0. The lowest BCUT2D eigenvalue weighted by Crippen LogP contribution is -2.45. The minimum atomic E-state index is -0.623. The van der Waals surface area contributed by atoms with Crippen LogP contribution in [0.15, 0.2) is 79.4 Å². The van der Waals surface area contributed by atoms with Gasteiger partial charge in [-0.15, -0.1) is 0 Å². The Hall–Kier alpha value is -6.93. The Bertz CT molecular complexity index is 3120. The molecule has 73 heavy (non-hydrogen) atoms. The molecular weight excluding hydrogens is 930 g/mol. The summed E-state index contributed by atoms with van der Waals surface area (Å²) in [5.41, 5.74) is 6.82. The normalized spacial score (nSPS) is 16.8. The van der Waals surface area contributed by atoms with E-state index in [1.807, 2.05) is 62.6 Å². The third kappa shape index (κ3) is 11.8. The van der Waals surface area contributed by atoms with Crippen LogP contribution in [0.2, 0.25) is 0 Å². The molecule has 8 aromatic rings. The number of aromatic nitrogens is 10. The lowest BCUT2D eigenvalue weighted by atomic mass is 10.1. The highest BCUT2D eigenvalue weighted by Crippen LogP contribution is 2.44. The smallest absolute Gasteiger partial charge is 0.229 e.